The lowest BCUT2D eigenvalue weighted by molar-refractivity contribution is 0.0830. The van der Waals surface area contributed by atoms with Gasteiger partial charge in [-0.2, -0.15) is 0 Å². The highest BCUT2D eigenvalue weighted by Crippen LogP contribution is 2.28. The molecule has 3 rings (SSSR count). The van der Waals surface area contributed by atoms with Crippen LogP contribution in [0, 0.1) is 0 Å². The Labute approximate surface area is 125 Å². The van der Waals surface area contributed by atoms with Crippen LogP contribution in [0.5, 0.6) is 5.75 Å². The van der Waals surface area contributed by atoms with Crippen LogP contribution in [-0.4, -0.2) is 23.9 Å². The second-order valence-electron chi connectivity index (χ2n) is 4.48. The van der Waals surface area contributed by atoms with Gasteiger partial charge in [0.25, 0.3) is 5.91 Å². The number of amides is 2. The third-order valence-electron chi connectivity index (χ3n) is 3.08. The van der Waals surface area contributed by atoms with Gasteiger partial charge in [0, 0.05) is 11.6 Å². The highest BCUT2D eigenvalue weighted by atomic mass is 16.5. The standard InChI is InChI=1S/C15H13N3O4/c1-21-11-6-2-4-9-8-12(22-13(9)11)15(20)18-17-14(19)10-5-3-7-16-10/h2-8,16H,1H3,(H,17,19)(H,18,20). The fourth-order valence-electron chi connectivity index (χ4n) is 2.02. The fourth-order valence-corrected chi connectivity index (χ4v) is 2.02. The van der Waals surface area contributed by atoms with Gasteiger partial charge < -0.3 is 14.1 Å². The molecule has 0 spiro atoms. The molecule has 112 valence electrons. The summed E-state index contributed by atoms with van der Waals surface area (Å²) in [5.41, 5.74) is 5.40. The molecule has 0 aliphatic rings. The average Bonchev–Trinajstić information content (AvgIpc) is 3.20. The minimum Gasteiger partial charge on any atom is -0.493 e. The number of aromatic amines is 1. The molecule has 0 bridgehead atoms. The second-order valence-corrected chi connectivity index (χ2v) is 4.48. The number of hydrogen-bond donors (Lipinski definition) is 3. The molecule has 3 aromatic rings. The van der Waals surface area contributed by atoms with Crippen molar-refractivity contribution < 1.29 is 18.7 Å². The number of methoxy groups -OCH3 is 1. The SMILES string of the molecule is COc1cccc2cc(C(=O)NNC(=O)c3ccc[nH]3)oc12. The summed E-state index contributed by atoms with van der Waals surface area (Å²) in [4.78, 5) is 26.5. The van der Waals surface area contributed by atoms with Crippen LogP contribution in [0.2, 0.25) is 0 Å². The van der Waals surface area contributed by atoms with Crippen molar-refractivity contribution >= 4 is 22.8 Å². The van der Waals surface area contributed by atoms with Crippen molar-refractivity contribution in [1.82, 2.24) is 15.8 Å². The Kier molecular flexibility index (Phi) is 3.53. The van der Waals surface area contributed by atoms with Gasteiger partial charge in [0.05, 0.1) is 7.11 Å². The maximum absolute atomic E-state index is 12.0. The van der Waals surface area contributed by atoms with E-state index in [-0.39, 0.29) is 5.76 Å². The van der Waals surface area contributed by atoms with Crippen molar-refractivity contribution in [1.29, 1.82) is 0 Å². The van der Waals surface area contributed by atoms with Gasteiger partial charge in [-0.05, 0) is 24.3 Å². The molecule has 2 amide bonds. The van der Waals surface area contributed by atoms with Crippen LogP contribution in [0.3, 0.4) is 0 Å². The molecule has 0 fully saturated rings. The lowest BCUT2D eigenvalue weighted by Gasteiger charge is -2.04. The van der Waals surface area contributed by atoms with E-state index in [0.29, 0.717) is 17.0 Å². The van der Waals surface area contributed by atoms with Gasteiger partial charge in [0.1, 0.15) is 5.69 Å². The molecule has 0 radical (unpaired) electrons. The molecule has 1 aromatic carbocycles. The van der Waals surface area contributed by atoms with Crippen LogP contribution >= 0.6 is 0 Å². The quantitative estimate of drug-likeness (QED) is 0.643. The van der Waals surface area contributed by atoms with E-state index >= 15 is 0 Å². The normalized spacial score (nSPS) is 10.4. The Bertz CT molecular complexity index is 821. The zero-order chi connectivity index (χ0) is 15.5. The van der Waals surface area contributed by atoms with Gasteiger partial charge in [0.15, 0.2) is 17.1 Å². The average molecular weight is 299 g/mol. The predicted octanol–water partition coefficient (Wildman–Crippen LogP) is 1.84. The van der Waals surface area contributed by atoms with Crippen LogP contribution in [0.1, 0.15) is 21.0 Å². The van der Waals surface area contributed by atoms with Crippen molar-refractivity contribution in [3.63, 3.8) is 0 Å². The molecule has 22 heavy (non-hydrogen) atoms. The molecule has 2 aromatic heterocycles. The van der Waals surface area contributed by atoms with Crippen molar-refractivity contribution in [3.8, 4) is 5.75 Å². The largest absolute Gasteiger partial charge is 0.493 e. The third kappa shape index (κ3) is 2.51. The van der Waals surface area contributed by atoms with E-state index in [2.05, 4.69) is 15.8 Å². The number of benzene rings is 1. The first-order chi connectivity index (χ1) is 10.7. The molecule has 0 saturated carbocycles. The van der Waals surface area contributed by atoms with E-state index in [9.17, 15) is 9.59 Å². The fraction of sp³-hybridized carbons (Fsp3) is 0.0667. The Morgan fingerprint density at radius 3 is 2.68 bits per heavy atom. The number of fused-ring (bicyclic) bond motifs is 1. The molecule has 3 N–H and O–H groups in total. The Hall–Kier alpha value is -3.22. The number of furan rings is 1. The number of rotatable bonds is 3. The van der Waals surface area contributed by atoms with Gasteiger partial charge in [0.2, 0.25) is 0 Å². The number of H-pyrrole nitrogens is 1. The second kappa shape index (κ2) is 5.65. The first-order valence-electron chi connectivity index (χ1n) is 6.49. The number of hydrogen-bond acceptors (Lipinski definition) is 4. The Morgan fingerprint density at radius 1 is 1.14 bits per heavy atom. The molecule has 7 heteroatoms. The maximum Gasteiger partial charge on any atom is 0.305 e. The predicted molar refractivity (Wildman–Crippen MR) is 78.5 cm³/mol. The van der Waals surface area contributed by atoms with Gasteiger partial charge in [-0.1, -0.05) is 12.1 Å². The minimum absolute atomic E-state index is 0.0753. The number of para-hydroxylation sites is 1. The van der Waals surface area contributed by atoms with Gasteiger partial charge in [-0.3, -0.25) is 20.4 Å². The van der Waals surface area contributed by atoms with Gasteiger partial charge in [-0.15, -0.1) is 0 Å². The first-order valence-corrected chi connectivity index (χ1v) is 6.49. The van der Waals surface area contributed by atoms with E-state index in [4.69, 9.17) is 9.15 Å². The number of hydrazine groups is 1. The number of carbonyl (C=O) groups excluding carboxylic acids is 2. The summed E-state index contributed by atoms with van der Waals surface area (Å²) in [5, 5.41) is 0.736. The molecule has 0 saturated heterocycles. The number of ether oxygens (including phenoxy) is 1. The van der Waals surface area contributed by atoms with Crippen molar-refractivity contribution in [2.45, 2.75) is 0 Å². The molecular formula is C15H13N3O4. The van der Waals surface area contributed by atoms with Crippen molar-refractivity contribution in [2.24, 2.45) is 0 Å². The van der Waals surface area contributed by atoms with Gasteiger partial charge >= 0.3 is 5.91 Å². The molecule has 7 nitrogen and oxygen atoms in total. The molecule has 0 aliphatic carbocycles. The van der Waals surface area contributed by atoms with E-state index in [1.165, 1.54) is 7.11 Å². The Balaban J connectivity index is 1.74. The summed E-state index contributed by atoms with van der Waals surface area (Å²) in [7, 11) is 1.52. The summed E-state index contributed by atoms with van der Waals surface area (Å²) >= 11 is 0. The molecule has 0 atom stereocenters. The number of aromatic nitrogens is 1. The topological polar surface area (TPSA) is 96.4 Å². The van der Waals surface area contributed by atoms with Crippen LogP contribution in [0.15, 0.2) is 47.0 Å². The zero-order valence-electron chi connectivity index (χ0n) is 11.7. The molecule has 0 aliphatic heterocycles. The summed E-state index contributed by atoms with van der Waals surface area (Å²) in [5.74, 6) is -0.400. The summed E-state index contributed by atoms with van der Waals surface area (Å²) in [6, 6.07) is 10.2. The summed E-state index contributed by atoms with van der Waals surface area (Å²) in [6.45, 7) is 0. The van der Waals surface area contributed by atoms with Crippen LogP contribution in [0.25, 0.3) is 11.0 Å². The number of nitrogens with one attached hydrogen (secondary N) is 3. The lowest BCUT2D eigenvalue weighted by atomic mass is 10.2. The molecular weight excluding hydrogens is 286 g/mol. The minimum atomic E-state index is -0.557. The Morgan fingerprint density at radius 2 is 1.95 bits per heavy atom. The van der Waals surface area contributed by atoms with Crippen LogP contribution in [-0.2, 0) is 0 Å². The maximum atomic E-state index is 12.0. The molecule has 2 heterocycles. The highest BCUT2D eigenvalue weighted by molar-refractivity contribution is 5.99. The first kappa shape index (κ1) is 13.7. The monoisotopic (exact) mass is 299 g/mol. The van der Waals surface area contributed by atoms with E-state index in [1.54, 1.807) is 42.6 Å². The smallest absolute Gasteiger partial charge is 0.305 e. The summed E-state index contributed by atoms with van der Waals surface area (Å²) in [6.07, 6.45) is 1.61. The van der Waals surface area contributed by atoms with Gasteiger partial charge in [-0.25, -0.2) is 0 Å². The zero-order valence-corrected chi connectivity index (χ0v) is 11.7. The number of carbonyl (C=O) groups is 2. The van der Waals surface area contributed by atoms with Crippen molar-refractivity contribution in [2.75, 3.05) is 7.11 Å². The van der Waals surface area contributed by atoms with E-state index in [0.717, 1.165) is 5.39 Å². The van der Waals surface area contributed by atoms with E-state index in [1.807, 2.05) is 0 Å². The van der Waals surface area contributed by atoms with E-state index < -0.39 is 11.8 Å². The molecule has 0 unspecified atom stereocenters. The van der Waals surface area contributed by atoms with Crippen LogP contribution in [0.4, 0.5) is 0 Å². The highest BCUT2D eigenvalue weighted by Gasteiger charge is 2.15. The van der Waals surface area contributed by atoms with Crippen LogP contribution < -0.4 is 15.6 Å². The third-order valence-corrected chi connectivity index (χ3v) is 3.08. The summed E-state index contributed by atoms with van der Waals surface area (Å²) < 4.78 is 10.6. The lowest BCUT2D eigenvalue weighted by Crippen LogP contribution is -2.41. The van der Waals surface area contributed by atoms with Crippen molar-refractivity contribution in [3.05, 3.63) is 54.0 Å².